The fourth-order valence-corrected chi connectivity index (χ4v) is 1.93. The van der Waals surface area contributed by atoms with Crippen molar-refractivity contribution in [2.24, 2.45) is 4.99 Å². The summed E-state index contributed by atoms with van der Waals surface area (Å²) in [5.74, 6) is 0.739. The number of hydrogen-bond acceptors (Lipinski definition) is 3. The second-order valence-electron chi connectivity index (χ2n) is 4.33. The van der Waals surface area contributed by atoms with Gasteiger partial charge >= 0.3 is 0 Å². The molecule has 0 aromatic heterocycles. The molecule has 96 valence electrons. The van der Waals surface area contributed by atoms with Crippen LogP contribution in [0.25, 0.3) is 0 Å². The molecule has 0 aliphatic carbocycles. The van der Waals surface area contributed by atoms with Gasteiger partial charge in [0.05, 0.1) is 5.69 Å². The number of ether oxygens (including phenoxy) is 1. The van der Waals surface area contributed by atoms with Crippen LogP contribution in [0, 0.1) is 13.8 Å². The van der Waals surface area contributed by atoms with E-state index in [0.29, 0.717) is 12.3 Å². The van der Waals surface area contributed by atoms with Crippen LogP contribution in [0.4, 0.5) is 5.69 Å². The Labute approximate surface area is 112 Å². The first-order chi connectivity index (χ1) is 9.22. The Morgan fingerprint density at radius 2 is 1.84 bits per heavy atom. The van der Waals surface area contributed by atoms with Gasteiger partial charge in [-0.05, 0) is 31.0 Å². The Kier molecular flexibility index (Phi) is 4.11. The molecule has 0 saturated heterocycles. The monoisotopic (exact) mass is 253 g/mol. The van der Waals surface area contributed by atoms with Gasteiger partial charge in [-0.3, -0.25) is 0 Å². The SMILES string of the molecule is Cc1ccc(OCc2ccccc2)c(C)c1N=C=O. The maximum Gasteiger partial charge on any atom is 0.240 e. The predicted octanol–water partition coefficient (Wildman–Crippen LogP) is 3.85. The molecule has 2 aromatic carbocycles. The third kappa shape index (κ3) is 3.09. The van der Waals surface area contributed by atoms with Crippen molar-refractivity contribution in [3.05, 3.63) is 59.2 Å². The quantitative estimate of drug-likeness (QED) is 0.613. The highest BCUT2D eigenvalue weighted by Gasteiger charge is 2.08. The minimum absolute atomic E-state index is 0.495. The molecule has 2 rings (SSSR count). The predicted molar refractivity (Wildman–Crippen MR) is 74.5 cm³/mol. The molecule has 19 heavy (non-hydrogen) atoms. The third-order valence-electron chi connectivity index (χ3n) is 2.98. The first-order valence-electron chi connectivity index (χ1n) is 6.07. The molecule has 0 fully saturated rings. The van der Waals surface area contributed by atoms with Crippen LogP contribution in [0.5, 0.6) is 5.75 Å². The van der Waals surface area contributed by atoms with Crippen LogP contribution in [-0.4, -0.2) is 6.08 Å². The van der Waals surface area contributed by atoms with Gasteiger partial charge < -0.3 is 4.74 Å². The second-order valence-corrected chi connectivity index (χ2v) is 4.33. The molecular weight excluding hydrogens is 238 g/mol. The standard InChI is InChI=1S/C16H15NO2/c1-12-8-9-15(13(2)16(12)17-11-18)19-10-14-6-4-3-5-7-14/h3-9H,10H2,1-2H3. The number of aryl methyl sites for hydroxylation is 1. The molecule has 3 heteroatoms. The fraction of sp³-hybridized carbons (Fsp3) is 0.188. The van der Waals surface area contributed by atoms with Crippen molar-refractivity contribution < 1.29 is 9.53 Å². The molecule has 0 saturated carbocycles. The summed E-state index contributed by atoms with van der Waals surface area (Å²) < 4.78 is 5.78. The highest BCUT2D eigenvalue weighted by Crippen LogP contribution is 2.31. The van der Waals surface area contributed by atoms with Gasteiger partial charge in [0.15, 0.2) is 0 Å². The van der Waals surface area contributed by atoms with Gasteiger partial charge in [-0.15, -0.1) is 0 Å². The molecule has 0 bridgehead atoms. The number of isocyanates is 1. The molecule has 0 amide bonds. The van der Waals surface area contributed by atoms with Crippen LogP contribution in [0.15, 0.2) is 47.5 Å². The normalized spacial score (nSPS) is 9.79. The number of carbonyl (C=O) groups excluding carboxylic acids is 1. The van der Waals surface area contributed by atoms with E-state index in [4.69, 9.17) is 4.74 Å². The van der Waals surface area contributed by atoms with E-state index in [0.717, 1.165) is 22.4 Å². The van der Waals surface area contributed by atoms with Crippen molar-refractivity contribution in [2.75, 3.05) is 0 Å². The largest absolute Gasteiger partial charge is 0.489 e. The maximum atomic E-state index is 10.4. The Hall–Kier alpha value is -2.38. The van der Waals surface area contributed by atoms with Crippen LogP contribution in [-0.2, 0) is 11.4 Å². The lowest BCUT2D eigenvalue weighted by molar-refractivity contribution is 0.304. The first kappa shape index (κ1) is 13.1. The molecule has 0 radical (unpaired) electrons. The molecule has 0 unspecified atom stereocenters. The van der Waals surface area contributed by atoms with Crippen LogP contribution < -0.4 is 4.74 Å². The van der Waals surface area contributed by atoms with E-state index >= 15 is 0 Å². The van der Waals surface area contributed by atoms with E-state index in [-0.39, 0.29) is 0 Å². The van der Waals surface area contributed by atoms with Crippen LogP contribution in [0.3, 0.4) is 0 Å². The maximum absolute atomic E-state index is 10.4. The molecule has 0 heterocycles. The summed E-state index contributed by atoms with van der Waals surface area (Å²) in [4.78, 5) is 14.2. The number of rotatable bonds is 4. The molecule has 0 aliphatic rings. The number of aliphatic imine (C=N–C) groups is 1. The number of benzene rings is 2. The van der Waals surface area contributed by atoms with Crippen molar-refractivity contribution in [3.8, 4) is 5.75 Å². The minimum atomic E-state index is 0.495. The van der Waals surface area contributed by atoms with E-state index in [1.165, 1.54) is 0 Å². The zero-order valence-corrected chi connectivity index (χ0v) is 11.0. The summed E-state index contributed by atoms with van der Waals surface area (Å²) in [5, 5.41) is 0. The number of nitrogens with zero attached hydrogens (tertiary/aromatic N) is 1. The molecule has 0 spiro atoms. The van der Waals surface area contributed by atoms with E-state index in [1.807, 2.05) is 56.3 Å². The van der Waals surface area contributed by atoms with E-state index in [9.17, 15) is 4.79 Å². The highest BCUT2D eigenvalue weighted by atomic mass is 16.5. The van der Waals surface area contributed by atoms with Gasteiger partial charge in [0, 0.05) is 5.56 Å². The molecule has 3 nitrogen and oxygen atoms in total. The fourth-order valence-electron chi connectivity index (χ4n) is 1.93. The van der Waals surface area contributed by atoms with Crippen molar-refractivity contribution in [1.82, 2.24) is 0 Å². The summed E-state index contributed by atoms with van der Waals surface area (Å²) in [6.45, 7) is 4.29. The van der Waals surface area contributed by atoms with Gasteiger partial charge in [-0.2, -0.15) is 4.99 Å². The lowest BCUT2D eigenvalue weighted by atomic mass is 10.1. The van der Waals surface area contributed by atoms with Gasteiger partial charge in [-0.1, -0.05) is 36.4 Å². The molecule has 0 N–H and O–H groups in total. The lowest BCUT2D eigenvalue weighted by Crippen LogP contribution is -1.97. The average molecular weight is 253 g/mol. The van der Waals surface area contributed by atoms with Gasteiger partial charge in [0.25, 0.3) is 0 Å². The zero-order chi connectivity index (χ0) is 13.7. The molecule has 0 atom stereocenters. The number of hydrogen-bond donors (Lipinski definition) is 0. The highest BCUT2D eigenvalue weighted by molar-refractivity contribution is 5.62. The van der Waals surface area contributed by atoms with E-state index in [2.05, 4.69) is 4.99 Å². The smallest absolute Gasteiger partial charge is 0.240 e. The van der Waals surface area contributed by atoms with Gasteiger partial charge in [0.1, 0.15) is 12.4 Å². The Bertz CT molecular complexity index is 614. The minimum Gasteiger partial charge on any atom is -0.489 e. The summed E-state index contributed by atoms with van der Waals surface area (Å²) in [7, 11) is 0. The molecular formula is C16H15NO2. The van der Waals surface area contributed by atoms with Crippen LogP contribution in [0.1, 0.15) is 16.7 Å². The van der Waals surface area contributed by atoms with Gasteiger partial charge in [-0.25, -0.2) is 4.79 Å². The third-order valence-corrected chi connectivity index (χ3v) is 2.98. The second kappa shape index (κ2) is 5.98. The van der Waals surface area contributed by atoms with Crippen LogP contribution >= 0.6 is 0 Å². The lowest BCUT2D eigenvalue weighted by Gasteiger charge is -2.12. The summed E-state index contributed by atoms with van der Waals surface area (Å²) >= 11 is 0. The first-order valence-corrected chi connectivity index (χ1v) is 6.07. The van der Waals surface area contributed by atoms with E-state index in [1.54, 1.807) is 6.08 Å². The average Bonchev–Trinajstić information content (AvgIpc) is 2.44. The summed E-state index contributed by atoms with van der Waals surface area (Å²) in [5.41, 5.74) is 3.54. The van der Waals surface area contributed by atoms with Crippen molar-refractivity contribution >= 4 is 11.8 Å². The summed E-state index contributed by atoms with van der Waals surface area (Å²) in [6, 6.07) is 13.7. The molecule has 0 aliphatic heterocycles. The van der Waals surface area contributed by atoms with Crippen molar-refractivity contribution in [3.63, 3.8) is 0 Å². The van der Waals surface area contributed by atoms with Gasteiger partial charge in [0.2, 0.25) is 6.08 Å². The van der Waals surface area contributed by atoms with Crippen LogP contribution in [0.2, 0.25) is 0 Å². The molecule has 2 aromatic rings. The topological polar surface area (TPSA) is 38.7 Å². The van der Waals surface area contributed by atoms with Crippen molar-refractivity contribution in [1.29, 1.82) is 0 Å². The summed E-state index contributed by atoms with van der Waals surface area (Å²) in [6.07, 6.45) is 1.59. The Balaban J connectivity index is 2.22. The Morgan fingerprint density at radius 1 is 1.11 bits per heavy atom. The van der Waals surface area contributed by atoms with Crippen molar-refractivity contribution in [2.45, 2.75) is 20.5 Å². The van der Waals surface area contributed by atoms with E-state index < -0.39 is 0 Å². The zero-order valence-electron chi connectivity index (χ0n) is 11.0. The Morgan fingerprint density at radius 3 is 2.53 bits per heavy atom.